The van der Waals surface area contributed by atoms with Crippen molar-refractivity contribution in [2.75, 3.05) is 0 Å². The molecule has 0 aromatic rings. The van der Waals surface area contributed by atoms with Gasteiger partial charge in [-0.2, -0.15) is 0 Å². The van der Waals surface area contributed by atoms with Gasteiger partial charge >= 0.3 is 0 Å². The third-order valence-electron chi connectivity index (χ3n) is 2.54. The summed E-state index contributed by atoms with van der Waals surface area (Å²) in [6, 6.07) is 1.16. The Morgan fingerprint density at radius 3 is 2.20 bits per heavy atom. The second-order valence-electron chi connectivity index (χ2n) is 5.46. The van der Waals surface area contributed by atoms with Crippen LogP contribution in [-0.4, -0.2) is 17.6 Å². The van der Waals surface area contributed by atoms with Gasteiger partial charge in [0, 0.05) is 17.6 Å². The van der Waals surface area contributed by atoms with Gasteiger partial charge in [0.2, 0.25) is 0 Å². The Hall–Kier alpha value is 0.270. The summed E-state index contributed by atoms with van der Waals surface area (Å²) in [5.74, 6) is 0. The fraction of sp³-hybridized carbons (Fsp3) is 1.00. The van der Waals surface area contributed by atoms with Crippen molar-refractivity contribution in [2.24, 2.45) is 0 Å². The average Bonchev–Trinajstić information content (AvgIpc) is 2.09. The van der Waals surface area contributed by atoms with Crippen molar-refractivity contribution < 1.29 is 0 Å². The van der Waals surface area contributed by atoms with E-state index in [1.165, 1.54) is 19.3 Å². The number of hydrogen-bond donors (Lipinski definition) is 3. The molecule has 0 bridgehead atoms. The molecule has 15 heavy (non-hydrogen) atoms. The highest BCUT2D eigenvalue weighted by atomic mass is 32.1. The average molecular weight is 232 g/mol. The summed E-state index contributed by atoms with van der Waals surface area (Å²) < 4.78 is 3.05. The van der Waals surface area contributed by atoms with Crippen molar-refractivity contribution in [3.63, 3.8) is 0 Å². The molecule has 0 aliphatic carbocycles. The summed E-state index contributed by atoms with van der Waals surface area (Å²) >= 11 is 4.12. The van der Waals surface area contributed by atoms with Gasteiger partial charge in [-0.15, -0.1) is 0 Å². The lowest BCUT2D eigenvalue weighted by molar-refractivity contribution is 0.349. The van der Waals surface area contributed by atoms with Crippen molar-refractivity contribution in [3.05, 3.63) is 0 Å². The van der Waals surface area contributed by atoms with Crippen molar-refractivity contribution in [2.45, 2.75) is 77.9 Å². The fourth-order valence-corrected chi connectivity index (χ4v) is 2.15. The highest BCUT2D eigenvalue weighted by Gasteiger charge is 2.13. The van der Waals surface area contributed by atoms with E-state index >= 15 is 0 Å². The highest BCUT2D eigenvalue weighted by molar-refractivity contribution is 7.78. The monoisotopic (exact) mass is 232 g/mol. The Morgan fingerprint density at radius 2 is 1.80 bits per heavy atom. The van der Waals surface area contributed by atoms with E-state index in [4.69, 9.17) is 0 Å². The summed E-state index contributed by atoms with van der Waals surface area (Å²) in [4.78, 5) is 0. The Labute approximate surface area is 101 Å². The molecule has 2 atom stereocenters. The molecule has 0 amide bonds. The van der Waals surface area contributed by atoms with Crippen LogP contribution in [0.1, 0.15) is 60.3 Å². The fourth-order valence-electron chi connectivity index (χ4n) is 1.84. The van der Waals surface area contributed by atoms with Crippen molar-refractivity contribution in [1.82, 2.24) is 10.0 Å². The zero-order valence-corrected chi connectivity index (χ0v) is 11.8. The lowest BCUT2D eigenvalue weighted by Gasteiger charge is -2.26. The third kappa shape index (κ3) is 9.21. The molecule has 0 heterocycles. The molecular formula is C12H28N2S. The van der Waals surface area contributed by atoms with Crippen LogP contribution in [0.4, 0.5) is 0 Å². The van der Waals surface area contributed by atoms with E-state index in [0.29, 0.717) is 12.1 Å². The summed E-state index contributed by atoms with van der Waals surface area (Å²) in [7, 11) is 0. The zero-order valence-electron chi connectivity index (χ0n) is 10.9. The van der Waals surface area contributed by atoms with Crippen LogP contribution in [0.5, 0.6) is 0 Å². The van der Waals surface area contributed by atoms with Gasteiger partial charge in [-0.1, -0.05) is 26.2 Å². The summed E-state index contributed by atoms with van der Waals surface area (Å²) in [5, 5.41) is 3.59. The molecule has 0 aliphatic heterocycles. The number of nitrogens with one attached hydrogen (secondary N) is 2. The van der Waals surface area contributed by atoms with Crippen LogP contribution in [0.25, 0.3) is 0 Å². The maximum Gasteiger partial charge on any atom is 0.0166 e. The molecule has 2 nitrogen and oxygen atoms in total. The first-order valence-corrected chi connectivity index (χ1v) is 6.51. The van der Waals surface area contributed by atoms with Crippen molar-refractivity contribution in [3.8, 4) is 0 Å². The van der Waals surface area contributed by atoms with E-state index < -0.39 is 0 Å². The van der Waals surface area contributed by atoms with Crippen LogP contribution in [0.15, 0.2) is 0 Å². The van der Waals surface area contributed by atoms with E-state index in [1.807, 2.05) is 0 Å². The quantitative estimate of drug-likeness (QED) is 0.587. The van der Waals surface area contributed by atoms with Gasteiger partial charge in [-0.3, -0.25) is 4.72 Å². The van der Waals surface area contributed by atoms with Crippen LogP contribution >= 0.6 is 12.8 Å². The normalized spacial score (nSPS) is 16.4. The molecule has 0 saturated carbocycles. The number of hydrogen-bond acceptors (Lipinski definition) is 3. The molecule has 0 aromatic carbocycles. The molecule has 0 aromatic heterocycles. The maximum atomic E-state index is 4.12. The Morgan fingerprint density at radius 1 is 1.20 bits per heavy atom. The lowest BCUT2D eigenvalue weighted by atomic mass is 10.0. The molecule has 3 heteroatoms. The number of thiol groups is 1. The van der Waals surface area contributed by atoms with Crippen molar-refractivity contribution >= 4 is 12.8 Å². The lowest BCUT2D eigenvalue weighted by Crippen LogP contribution is -2.42. The molecule has 2 N–H and O–H groups in total. The van der Waals surface area contributed by atoms with Crippen LogP contribution in [0.2, 0.25) is 0 Å². The van der Waals surface area contributed by atoms with Crippen LogP contribution in [0, 0.1) is 0 Å². The van der Waals surface area contributed by atoms with Crippen LogP contribution in [0.3, 0.4) is 0 Å². The largest absolute Gasteiger partial charge is 0.310 e. The second-order valence-corrected chi connectivity index (χ2v) is 5.72. The molecule has 0 rings (SSSR count). The molecule has 2 unspecified atom stereocenters. The van der Waals surface area contributed by atoms with Gasteiger partial charge in [-0.05, 0) is 47.0 Å². The van der Waals surface area contributed by atoms with Gasteiger partial charge in [0.25, 0.3) is 0 Å². The Balaban J connectivity index is 3.58. The van der Waals surface area contributed by atoms with Crippen molar-refractivity contribution in [1.29, 1.82) is 0 Å². The maximum absolute atomic E-state index is 4.12. The minimum Gasteiger partial charge on any atom is -0.310 e. The van der Waals surface area contributed by atoms with Gasteiger partial charge < -0.3 is 5.32 Å². The predicted octanol–water partition coefficient (Wildman–Crippen LogP) is 3.15. The summed E-state index contributed by atoms with van der Waals surface area (Å²) in [6.07, 6.45) is 4.88. The van der Waals surface area contributed by atoms with E-state index in [0.717, 1.165) is 6.42 Å². The standard InChI is InChI=1S/C12H28N2S/c1-6-11(14-15)9-7-8-10(2)13-12(3,4)5/h10-11,13-15H,6-9H2,1-5H3. The zero-order chi connectivity index (χ0) is 11.9. The Kier molecular flexibility index (Phi) is 7.66. The first-order chi connectivity index (χ1) is 6.89. The molecule has 0 spiro atoms. The SMILES string of the molecule is CCC(CCCC(C)NC(C)(C)C)NS. The minimum atomic E-state index is 0.228. The van der Waals surface area contributed by atoms with E-state index in [2.05, 4.69) is 57.5 Å². The second kappa shape index (κ2) is 7.53. The molecule has 0 radical (unpaired) electrons. The van der Waals surface area contributed by atoms with E-state index in [-0.39, 0.29) is 5.54 Å². The minimum absolute atomic E-state index is 0.228. The predicted molar refractivity (Wildman–Crippen MR) is 72.4 cm³/mol. The molecular weight excluding hydrogens is 204 g/mol. The summed E-state index contributed by atoms with van der Waals surface area (Å²) in [5.41, 5.74) is 0.228. The molecule has 0 saturated heterocycles. The third-order valence-corrected chi connectivity index (χ3v) is 2.91. The molecule has 92 valence electrons. The van der Waals surface area contributed by atoms with Crippen LogP contribution in [-0.2, 0) is 0 Å². The van der Waals surface area contributed by atoms with E-state index in [1.54, 1.807) is 0 Å². The van der Waals surface area contributed by atoms with Gasteiger partial charge in [0.05, 0.1) is 0 Å². The smallest absolute Gasteiger partial charge is 0.0166 e. The molecule has 0 aliphatic rings. The number of rotatable bonds is 7. The summed E-state index contributed by atoms with van der Waals surface area (Å²) in [6.45, 7) is 11.1. The topological polar surface area (TPSA) is 24.1 Å². The molecule has 0 fully saturated rings. The highest BCUT2D eigenvalue weighted by Crippen LogP contribution is 2.09. The van der Waals surface area contributed by atoms with Gasteiger partial charge in [0.1, 0.15) is 0 Å². The van der Waals surface area contributed by atoms with Gasteiger partial charge in [-0.25, -0.2) is 0 Å². The Bertz CT molecular complexity index is 150. The first kappa shape index (κ1) is 15.3. The van der Waals surface area contributed by atoms with Gasteiger partial charge in [0.15, 0.2) is 0 Å². The van der Waals surface area contributed by atoms with Crippen LogP contribution < -0.4 is 10.0 Å². The first-order valence-electron chi connectivity index (χ1n) is 6.06. The van der Waals surface area contributed by atoms with E-state index in [9.17, 15) is 0 Å².